The fraction of sp³-hybridized carbons (Fsp3) is 0.0417. The molecule has 0 saturated heterocycles. The van der Waals surface area contributed by atoms with Crippen LogP contribution < -0.4 is 20.7 Å². The molecule has 2 amide bonds. The predicted octanol–water partition coefficient (Wildman–Crippen LogP) is 5.58. The van der Waals surface area contributed by atoms with Gasteiger partial charge in [0.1, 0.15) is 11.3 Å². The van der Waals surface area contributed by atoms with E-state index < -0.39 is 5.91 Å². The molecule has 0 aliphatic carbocycles. The molecule has 0 radical (unpaired) electrons. The van der Waals surface area contributed by atoms with Crippen molar-refractivity contribution in [2.75, 3.05) is 17.7 Å². The maximum absolute atomic E-state index is 12.6. The molecule has 0 aliphatic rings. The first-order valence-electron chi connectivity index (χ1n) is 9.79. The minimum Gasteiger partial charge on any atom is -0.496 e. The molecule has 0 spiro atoms. The second-order valence-corrected chi connectivity index (χ2v) is 8.26. The van der Waals surface area contributed by atoms with Crippen LogP contribution in [0.25, 0.3) is 11.0 Å². The van der Waals surface area contributed by atoms with Crippen LogP contribution in [0, 0.1) is 0 Å². The normalized spacial score (nSPS) is 10.5. The molecule has 9 heteroatoms. The maximum Gasteiger partial charge on any atom is 0.291 e. The Morgan fingerprint density at radius 1 is 0.909 bits per heavy atom. The molecule has 7 nitrogen and oxygen atoms in total. The van der Waals surface area contributed by atoms with Gasteiger partial charge in [-0.3, -0.25) is 14.9 Å². The molecule has 0 fully saturated rings. The third-order valence-corrected chi connectivity index (χ3v) is 5.38. The Hall–Kier alpha value is -3.69. The van der Waals surface area contributed by atoms with Crippen molar-refractivity contribution in [2.45, 2.75) is 0 Å². The first-order valence-corrected chi connectivity index (χ1v) is 11.0. The Kier molecular flexibility index (Phi) is 6.71. The van der Waals surface area contributed by atoms with Gasteiger partial charge in [-0.1, -0.05) is 34.1 Å². The van der Waals surface area contributed by atoms with Gasteiger partial charge in [-0.15, -0.1) is 0 Å². The number of carbonyl (C=O) groups excluding carboxylic acids is 2. The zero-order valence-corrected chi connectivity index (χ0v) is 19.7. The molecule has 4 rings (SSSR count). The molecule has 3 aromatic carbocycles. The topological polar surface area (TPSA) is 92.6 Å². The van der Waals surface area contributed by atoms with Crippen LogP contribution in [0.15, 0.2) is 81.7 Å². The van der Waals surface area contributed by atoms with E-state index >= 15 is 0 Å². The Morgan fingerprint density at radius 2 is 1.61 bits per heavy atom. The lowest BCUT2D eigenvalue weighted by molar-refractivity contribution is 0.0972. The summed E-state index contributed by atoms with van der Waals surface area (Å²) in [6.45, 7) is 0. The Labute approximate surface area is 203 Å². The summed E-state index contributed by atoms with van der Waals surface area (Å²) in [4.78, 5) is 25.0. The van der Waals surface area contributed by atoms with Crippen molar-refractivity contribution in [3.05, 3.63) is 88.6 Å². The van der Waals surface area contributed by atoms with Gasteiger partial charge in [0.2, 0.25) is 0 Å². The van der Waals surface area contributed by atoms with E-state index in [2.05, 4.69) is 31.9 Å². The minimum atomic E-state index is -0.402. The van der Waals surface area contributed by atoms with Crippen LogP contribution in [0.2, 0.25) is 0 Å². The summed E-state index contributed by atoms with van der Waals surface area (Å²) in [5.41, 5.74) is 2.22. The molecule has 0 aliphatic heterocycles. The molecule has 0 atom stereocenters. The number of furan rings is 1. The average Bonchev–Trinajstić information content (AvgIpc) is 3.25. The lowest BCUT2D eigenvalue weighted by atomic mass is 10.2. The largest absolute Gasteiger partial charge is 0.496 e. The molecule has 1 heterocycles. The number of hydrogen-bond donors (Lipinski definition) is 3. The molecule has 0 saturated carbocycles. The number of methoxy groups -OCH3 is 1. The van der Waals surface area contributed by atoms with Crippen LogP contribution in [0.4, 0.5) is 11.4 Å². The quantitative estimate of drug-likeness (QED) is 0.295. The zero-order chi connectivity index (χ0) is 23.4. The van der Waals surface area contributed by atoms with E-state index in [9.17, 15) is 9.59 Å². The van der Waals surface area contributed by atoms with Crippen molar-refractivity contribution in [1.29, 1.82) is 0 Å². The molecule has 0 unspecified atom stereocenters. The Morgan fingerprint density at radius 3 is 2.30 bits per heavy atom. The van der Waals surface area contributed by atoms with E-state index in [-0.39, 0.29) is 16.8 Å². The van der Waals surface area contributed by atoms with Crippen molar-refractivity contribution in [3.63, 3.8) is 0 Å². The van der Waals surface area contributed by atoms with E-state index in [4.69, 9.17) is 21.4 Å². The number of nitrogens with one attached hydrogen (secondary N) is 3. The van der Waals surface area contributed by atoms with Crippen LogP contribution >= 0.6 is 28.1 Å². The number of fused-ring (bicyclic) bond motifs is 1. The highest BCUT2D eigenvalue weighted by Crippen LogP contribution is 2.23. The van der Waals surface area contributed by atoms with Crippen LogP contribution in [-0.4, -0.2) is 24.0 Å². The lowest BCUT2D eigenvalue weighted by Crippen LogP contribution is -2.34. The van der Waals surface area contributed by atoms with Crippen molar-refractivity contribution in [1.82, 2.24) is 5.32 Å². The molecule has 3 N–H and O–H groups in total. The van der Waals surface area contributed by atoms with E-state index in [1.165, 1.54) is 7.11 Å². The van der Waals surface area contributed by atoms with Crippen molar-refractivity contribution in [2.24, 2.45) is 0 Å². The number of halogens is 1. The molecule has 0 bridgehead atoms. The van der Waals surface area contributed by atoms with Crippen LogP contribution in [-0.2, 0) is 0 Å². The van der Waals surface area contributed by atoms with Gasteiger partial charge < -0.3 is 19.8 Å². The molecule has 166 valence electrons. The Bertz CT molecular complexity index is 1320. The number of amides is 2. The van der Waals surface area contributed by atoms with E-state index in [0.717, 1.165) is 9.86 Å². The third kappa shape index (κ3) is 5.39. The number of hydrogen-bond acceptors (Lipinski definition) is 5. The van der Waals surface area contributed by atoms with Crippen molar-refractivity contribution >= 4 is 67.4 Å². The first kappa shape index (κ1) is 22.5. The maximum atomic E-state index is 12.6. The van der Waals surface area contributed by atoms with Crippen LogP contribution in [0.5, 0.6) is 5.75 Å². The van der Waals surface area contributed by atoms with Crippen molar-refractivity contribution < 1.29 is 18.7 Å². The standard InChI is InChI=1S/C24H18BrN3O4S/c1-31-20-11-6-15(25)13-18(20)22(29)28-24(33)27-17-9-7-16(8-10-17)26-23(30)21-12-14-4-2-3-5-19(14)32-21/h2-13H,1H3,(H,26,30)(H2,27,28,29,33). The van der Waals surface area contributed by atoms with Gasteiger partial charge in [-0.2, -0.15) is 0 Å². The summed E-state index contributed by atoms with van der Waals surface area (Å²) >= 11 is 8.59. The number of para-hydroxylation sites is 1. The van der Waals surface area contributed by atoms with Gasteiger partial charge in [0, 0.05) is 21.2 Å². The molecular formula is C24H18BrN3O4S. The minimum absolute atomic E-state index is 0.126. The van der Waals surface area contributed by atoms with Gasteiger partial charge in [-0.25, -0.2) is 0 Å². The van der Waals surface area contributed by atoms with Crippen LogP contribution in [0.1, 0.15) is 20.9 Å². The molecule has 1 aromatic heterocycles. The third-order valence-electron chi connectivity index (χ3n) is 4.68. The monoisotopic (exact) mass is 523 g/mol. The van der Waals surface area contributed by atoms with Gasteiger partial charge in [0.15, 0.2) is 10.9 Å². The summed E-state index contributed by atoms with van der Waals surface area (Å²) < 4.78 is 11.6. The van der Waals surface area contributed by atoms with Gasteiger partial charge in [-0.05, 0) is 66.8 Å². The first-order chi connectivity index (χ1) is 15.9. The number of anilines is 2. The van der Waals surface area contributed by atoms with Crippen LogP contribution in [0.3, 0.4) is 0 Å². The Balaban J connectivity index is 1.36. The van der Waals surface area contributed by atoms with Crippen molar-refractivity contribution in [3.8, 4) is 5.75 Å². The number of thiocarbonyl (C=S) groups is 1. The second kappa shape index (κ2) is 9.85. The second-order valence-electron chi connectivity index (χ2n) is 6.93. The number of benzene rings is 3. The smallest absolute Gasteiger partial charge is 0.291 e. The molecule has 33 heavy (non-hydrogen) atoms. The van der Waals surface area contributed by atoms with Gasteiger partial charge in [0.05, 0.1) is 12.7 Å². The summed E-state index contributed by atoms with van der Waals surface area (Å²) in [7, 11) is 1.49. The molecular weight excluding hydrogens is 506 g/mol. The fourth-order valence-corrected chi connectivity index (χ4v) is 3.69. The predicted molar refractivity (Wildman–Crippen MR) is 135 cm³/mol. The number of ether oxygens (including phenoxy) is 1. The SMILES string of the molecule is COc1ccc(Br)cc1C(=O)NC(=S)Nc1ccc(NC(=O)c2cc3ccccc3o2)cc1. The summed E-state index contributed by atoms with van der Waals surface area (Å²) in [6.07, 6.45) is 0. The highest BCUT2D eigenvalue weighted by atomic mass is 79.9. The summed E-state index contributed by atoms with van der Waals surface area (Å²) in [6, 6.07) is 21.1. The summed E-state index contributed by atoms with van der Waals surface area (Å²) in [5.74, 6) is -0.0913. The number of rotatable bonds is 5. The van der Waals surface area contributed by atoms with Gasteiger partial charge in [0.25, 0.3) is 11.8 Å². The lowest BCUT2D eigenvalue weighted by Gasteiger charge is -2.12. The summed E-state index contributed by atoms with van der Waals surface area (Å²) in [5, 5.41) is 9.34. The fourth-order valence-electron chi connectivity index (χ4n) is 3.11. The van der Waals surface area contributed by atoms with E-state index in [1.54, 1.807) is 54.6 Å². The molecule has 4 aromatic rings. The highest BCUT2D eigenvalue weighted by Gasteiger charge is 2.15. The number of carbonyl (C=O) groups is 2. The van der Waals surface area contributed by atoms with Gasteiger partial charge >= 0.3 is 0 Å². The average molecular weight is 524 g/mol. The zero-order valence-electron chi connectivity index (χ0n) is 17.3. The highest BCUT2D eigenvalue weighted by molar-refractivity contribution is 9.10. The van der Waals surface area contributed by atoms with E-state index in [1.807, 2.05) is 18.2 Å². The van der Waals surface area contributed by atoms with E-state index in [0.29, 0.717) is 28.3 Å².